The van der Waals surface area contributed by atoms with Crippen LogP contribution in [0.4, 0.5) is 35.3 Å². The number of fused-ring (bicyclic) bond motifs is 1. The summed E-state index contributed by atoms with van der Waals surface area (Å²) in [6.45, 7) is 11.8. The molecule has 5 rings (SSSR count). The quantitative estimate of drug-likeness (QED) is 0.328. The second kappa shape index (κ2) is 12.9. The number of alkyl halides is 3. The van der Waals surface area contributed by atoms with E-state index >= 15 is 0 Å². The van der Waals surface area contributed by atoms with Gasteiger partial charge >= 0.3 is 12.2 Å². The molecule has 1 atom stereocenters. The molecular formula is C31H39F3N8O2. The average molecular weight is 613 g/mol. The lowest BCUT2D eigenvalue weighted by atomic mass is 9.91. The van der Waals surface area contributed by atoms with Crippen LogP contribution in [0.5, 0.6) is 0 Å². The van der Waals surface area contributed by atoms with Crippen molar-refractivity contribution in [3.8, 4) is 11.4 Å². The number of urea groups is 1. The van der Waals surface area contributed by atoms with Gasteiger partial charge in [0.2, 0.25) is 5.82 Å². The first-order valence-electron chi connectivity index (χ1n) is 14.9. The number of amides is 2. The summed E-state index contributed by atoms with van der Waals surface area (Å²) in [7, 11) is 0. The van der Waals surface area contributed by atoms with Gasteiger partial charge in [-0.2, -0.15) is 13.2 Å². The molecule has 0 aliphatic carbocycles. The van der Waals surface area contributed by atoms with Crippen LogP contribution in [-0.4, -0.2) is 64.9 Å². The van der Waals surface area contributed by atoms with E-state index in [1.807, 2.05) is 12.1 Å². The molecule has 0 radical (unpaired) electrons. The third-order valence-electron chi connectivity index (χ3n) is 7.69. The Balaban J connectivity index is 1.38. The zero-order valence-corrected chi connectivity index (χ0v) is 25.5. The van der Waals surface area contributed by atoms with E-state index in [-0.39, 0.29) is 29.9 Å². The van der Waals surface area contributed by atoms with E-state index in [0.717, 1.165) is 41.7 Å². The van der Waals surface area contributed by atoms with Crippen molar-refractivity contribution in [1.29, 1.82) is 0 Å². The summed E-state index contributed by atoms with van der Waals surface area (Å²) in [6, 6.07) is 8.62. The van der Waals surface area contributed by atoms with Gasteiger partial charge in [0, 0.05) is 42.6 Å². The van der Waals surface area contributed by atoms with Crippen LogP contribution in [-0.2, 0) is 23.9 Å². The number of benzene rings is 1. The number of carbonyl (C=O) groups excluding carboxylic acids is 1. The minimum Gasteiger partial charge on any atom is -0.377 e. The number of ether oxygens (including phenoxy) is 1. The molecule has 2 amide bonds. The molecule has 2 N–H and O–H groups in total. The minimum absolute atomic E-state index is 0.0957. The van der Waals surface area contributed by atoms with Crippen molar-refractivity contribution in [3.63, 3.8) is 0 Å². The molecule has 4 heterocycles. The average Bonchev–Trinajstić information content (AvgIpc) is 2.98. The van der Waals surface area contributed by atoms with Gasteiger partial charge in [0.1, 0.15) is 11.6 Å². The number of hydrogen-bond donors (Lipinski definition) is 2. The minimum atomic E-state index is -4.63. The number of anilines is 3. The Morgan fingerprint density at radius 3 is 2.55 bits per heavy atom. The summed E-state index contributed by atoms with van der Waals surface area (Å²) in [5.41, 5.74) is 3.32. The van der Waals surface area contributed by atoms with Gasteiger partial charge in [0.15, 0.2) is 5.82 Å². The van der Waals surface area contributed by atoms with Crippen molar-refractivity contribution in [3.05, 3.63) is 53.6 Å². The lowest BCUT2D eigenvalue weighted by Crippen LogP contribution is -2.45. The van der Waals surface area contributed by atoms with Gasteiger partial charge in [-0.25, -0.2) is 24.7 Å². The SMILES string of the molecule is CC1COCCN1c1nc(-c2ccc(NC(=O)NCCCC(C)(C)C)cc2)nc2c1CCN(c1ccnc(C(F)(F)F)n1)C2. The van der Waals surface area contributed by atoms with Crippen molar-refractivity contribution in [1.82, 2.24) is 25.3 Å². The van der Waals surface area contributed by atoms with Gasteiger partial charge in [0.25, 0.3) is 0 Å². The van der Waals surface area contributed by atoms with E-state index in [4.69, 9.17) is 14.7 Å². The number of nitrogens with one attached hydrogen (secondary N) is 2. The fraction of sp³-hybridized carbons (Fsp3) is 0.516. The van der Waals surface area contributed by atoms with Crippen LogP contribution in [0.15, 0.2) is 36.5 Å². The predicted molar refractivity (Wildman–Crippen MR) is 163 cm³/mol. The maximum Gasteiger partial charge on any atom is 0.451 e. The van der Waals surface area contributed by atoms with E-state index in [1.54, 1.807) is 17.0 Å². The monoisotopic (exact) mass is 612 g/mol. The fourth-order valence-electron chi connectivity index (χ4n) is 5.38. The van der Waals surface area contributed by atoms with Crippen LogP contribution in [0.1, 0.15) is 57.6 Å². The van der Waals surface area contributed by atoms with Crippen LogP contribution in [0, 0.1) is 5.41 Å². The first kappa shape index (κ1) is 31.4. The molecule has 1 aromatic carbocycles. The fourth-order valence-corrected chi connectivity index (χ4v) is 5.38. The van der Waals surface area contributed by atoms with E-state index in [9.17, 15) is 18.0 Å². The topological polar surface area (TPSA) is 108 Å². The van der Waals surface area contributed by atoms with E-state index in [1.165, 1.54) is 6.07 Å². The van der Waals surface area contributed by atoms with Crippen LogP contribution < -0.4 is 20.4 Å². The van der Waals surface area contributed by atoms with E-state index in [2.05, 4.69) is 53.2 Å². The smallest absolute Gasteiger partial charge is 0.377 e. The lowest BCUT2D eigenvalue weighted by molar-refractivity contribution is -0.144. The Morgan fingerprint density at radius 2 is 1.84 bits per heavy atom. The van der Waals surface area contributed by atoms with Crippen LogP contribution >= 0.6 is 0 Å². The number of nitrogens with zero attached hydrogens (tertiary/aromatic N) is 6. The normalized spacial score (nSPS) is 17.3. The highest BCUT2D eigenvalue weighted by Crippen LogP contribution is 2.34. The maximum atomic E-state index is 13.3. The summed E-state index contributed by atoms with van der Waals surface area (Å²) < 4.78 is 45.6. The molecule has 1 fully saturated rings. The third-order valence-corrected chi connectivity index (χ3v) is 7.69. The Labute approximate surface area is 255 Å². The zero-order chi connectivity index (χ0) is 31.5. The predicted octanol–water partition coefficient (Wildman–Crippen LogP) is 5.69. The number of hydrogen-bond acceptors (Lipinski definition) is 8. The standard InChI is InChI=1S/C31H39F3N8O2/c1-20-19-44-17-16-42(20)27-23-11-15-41(25-10-14-35-28(39-25)31(32,33)34)18-24(23)38-26(40-27)21-6-8-22(9-7-21)37-29(43)36-13-5-12-30(2,3)4/h6-10,14,20H,5,11-13,15-19H2,1-4H3,(H2,36,37,43). The summed E-state index contributed by atoms with van der Waals surface area (Å²) in [5, 5.41) is 5.76. The van der Waals surface area contributed by atoms with E-state index in [0.29, 0.717) is 50.8 Å². The van der Waals surface area contributed by atoms with Gasteiger partial charge in [-0.15, -0.1) is 0 Å². The molecule has 1 saturated heterocycles. The Morgan fingerprint density at radius 1 is 1.07 bits per heavy atom. The van der Waals surface area contributed by atoms with Gasteiger partial charge in [0.05, 0.1) is 31.5 Å². The summed E-state index contributed by atoms with van der Waals surface area (Å²) in [4.78, 5) is 33.5. The Hall–Kier alpha value is -4.00. The first-order valence-corrected chi connectivity index (χ1v) is 14.9. The largest absolute Gasteiger partial charge is 0.451 e. The number of halogens is 3. The molecule has 10 nitrogen and oxygen atoms in total. The van der Waals surface area contributed by atoms with Crippen molar-refractivity contribution in [2.45, 2.75) is 65.7 Å². The Bertz CT molecular complexity index is 1460. The number of rotatable bonds is 7. The molecule has 0 bridgehead atoms. The molecule has 3 aromatic rings. The van der Waals surface area contributed by atoms with Crippen molar-refractivity contribution < 1.29 is 22.7 Å². The maximum absolute atomic E-state index is 13.3. The second-order valence-electron chi connectivity index (χ2n) is 12.4. The molecule has 236 valence electrons. The molecular weight excluding hydrogens is 573 g/mol. The number of aromatic nitrogens is 4. The summed E-state index contributed by atoms with van der Waals surface area (Å²) in [5.74, 6) is 0.345. The molecule has 13 heteroatoms. The van der Waals surface area contributed by atoms with Crippen LogP contribution in [0.3, 0.4) is 0 Å². The lowest BCUT2D eigenvalue weighted by Gasteiger charge is -2.38. The van der Waals surface area contributed by atoms with Crippen molar-refractivity contribution in [2.24, 2.45) is 5.41 Å². The second-order valence-corrected chi connectivity index (χ2v) is 12.4. The highest BCUT2D eigenvalue weighted by molar-refractivity contribution is 5.89. The van der Waals surface area contributed by atoms with Gasteiger partial charge < -0.3 is 25.2 Å². The van der Waals surface area contributed by atoms with Crippen molar-refractivity contribution >= 4 is 23.4 Å². The van der Waals surface area contributed by atoms with Gasteiger partial charge in [-0.05, 0) is 61.9 Å². The first-order chi connectivity index (χ1) is 20.9. The molecule has 2 aromatic heterocycles. The third kappa shape index (κ3) is 7.74. The zero-order valence-electron chi connectivity index (χ0n) is 25.5. The highest BCUT2D eigenvalue weighted by atomic mass is 19.4. The molecule has 1 unspecified atom stereocenters. The van der Waals surface area contributed by atoms with Gasteiger partial charge in [-0.1, -0.05) is 20.8 Å². The molecule has 2 aliphatic heterocycles. The summed E-state index contributed by atoms with van der Waals surface area (Å²) in [6.07, 6.45) is -1.04. The molecule has 44 heavy (non-hydrogen) atoms. The molecule has 2 aliphatic rings. The number of morpholine rings is 1. The van der Waals surface area contributed by atoms with Crippen LogP contribution in [0.25, 0.3) is 11.4 Å². The highest BCUT2D eigenvalue weighted by Gasteiger charge is 2.36. The Kier molecular flexibility index (Phi) is 9.23. The van der Waals surface area contributed by atoms with Gasteiger partial charge in [-0.3, -0.25) is 0 Å². The molecule has 0 spiro atoms. The van der Waals surface area contributed by atoms with Crippen molar-refractivity contribution in [2.75, 3.05) is 48.0 Å². The van der Waals surface area contributed by atoms with Crippen LogP contribution in [0.2, 0.25) is 0 Å². The molecule has 0 saturated carbocycles. The van der Waals surface area contributed by atoms with E-state index < -0.39 is 12.0 Å². The number of carbonyl (C=O) groups is 1. The summed E-state index contributed by atoms with van der Waals surface area (Å²) >= 11 is 0.